The first-order valence-corrected chi connectivity index (χ1v) is 23.5. The molecule has 0 spiro atoms. The fraction of sp³-hybridized carbons (Fsp3) is 0.545. The van der Waals surface area contributed by atoms with E-state index in [1.807, 2.05) is 12.2 Å². The Labute approximate surface area is 368 Å². The molecule has 338 valence electrons. The number of ether oxygens (including phenoxy) is 2. The van der Waals surface area contributed by atoms with Crippen LogP contribution in [0.25, 0.3) is 22.3 Å². The fourth-order valence-electron chi connectivity index (χ4n) is 9.06. The topological polar surface area (TPSA) is 177 Å². The summed E-state index contributed by atoms with van der Waals surface area (Å²) in [5.41, 5.74) is -0.284. The van der Waals surface area contributed by atoms with E-state index in [2.05, 4.69) is 15.0 Å². The molecule has 0 radical (unpaired) electrons. The van der Waals surface area contributed by atoms with Crippen molar-refractivity contribution >= 4 is 56.2 Å². The predicted octanol–water partition coefficient (Wildman–Crippen LogP) is 6.12. The summed E-state index contributed by atoms with van der Waals surface area (Å²) in [5, 5.41) is 2.92. The minimum Gasteiger partial charge on any atom is -0.495 e. The molecule has 19 heteroatoms. The number of nitrogens with one attached hydrogen (secondary N) is 2. The smallest absolute Gasteiger partial charge is 0.391 e. The number of benzene rings is 1. The number of halogens is 4. The van der Waals surface area contributed by atoms with Crippen molar-refractivity contribution in [2.75, 3.05) is 26.7 Å². The molecule has 2 aromatic heterocycles. The molecule has 1 aromatic carbocycles. The van der Waals surface area contributed by atoms with Gasteiger partial charge in [-0.15, -0.1) is 0 Å². The maximum absolute atomic E-state index is 14.9. The van der Waals surface area contributed by atoms with Gasteiger partial charge in [0.15, 0.2) is 0 Å². The standard InChI is InChI=1S/C44H50ClF3N6O8S/c1-61-35-15-14-31-36(23-33(50-39(31)38(35)45)32-11-7-8-18-49-32)62-29-22-34-40(56)51-43(42(58)52-63(59,60)30-12-13-30)24-28(43)10-6-4-2-3-5-9-26(41(57)54(34)25-29)21-37(55)53-19-16-27(17-20-53)44(46,47)48/h6-8,10-11,14-15,18,23,26-30,34H,2-5,9,12-13,16-17,19-22,24-25H2,1H3,(H,51,56)(H,52,58)/t26-,28?,29-,34+,43-/m1/s1. The average Bonchev–Trinajstić information content (AvgIpc) is 4.19. The molecule has 4 amide bonds. The number of aromatic nitrogens is 2. The Hall–Kier alpha value is -4.97. The predicted molar refractivity (Wildman–Crippen MR) is 226 cm³/mol. The van der Waals surface area contributed by atoms with Gasteiger partial charge < -0.3 is 24.6 Å². The van der Waals surface area contributed by atoms with E-state index < -0.39 is 80.5 Å². The summed E-state index contributed by atoms with van der Waals surface area (Å²) < 4.78 is 80.7. The lowest BCUT2D eigenvalue weighted by atomic mass is 9.92. The number of alkyl halides is 3. The molecular weight excluding hydrogens is 865 g/mol. The van der Waals surface area contributed by atoms with Crippen LogP contribution in [0.2, 0.25) is 5.02 Å². The van der Waals surface area contributed by atoms with E-state index in [-0.39, 0.29) is 56.8 Å². The maximum atomic E-state index is 14.9. The number of amides is 4. The van der Waals surface area contributed by atoms with E-state index in [0.29, 0.717) is 72.3 Å². The van der Waals surface area contributed by atoms with Crippen molar-refractivity contribution in [3.05, 3.63) is 59.8 Å². The first-order chi connectivity index (χ1) is 30.1. The lowest BCUT2D eigenvalue weighted by molar-refractivity contribution is -0.186. The molecule has 5 heterocycles. The number of sulfonamides is 1. The zero-order valence-corrected chi connectivity index (χ0v) is 36.3. The average molecular weight is 915 g/mol. The number of pyridine rings is 2. The molecule has 5 aliphatic rings. The van der Waals surface area contributed by atoms with E-state index >= 15 is 0 Å². The van der Waals surface area contributed by atoms with Crippen molar-refractivity contribution < 1.29 is 50.2 Å². The third-order valence-electron chi connectivity index (χ3n) is 13.0. The molecule has 0 bridgehead atoms. The second-order valence-electron chi connectivity index (χ2n) is 17.3. The molecule has 2 aliphatic carbocycles. The van der Waals surface area contributed by atoms with Crippen LogP contribution >= 0.6 is 11.6 Å². The molecule has 63 heavy (non-hydrogen) atoms. The zero-order valence-electron chi connectivity index (χ0n) is 34.7. The largest absolute Gasteiger partial charge is 0.495 e. The van der Waals surface area contributed by atoms with E-state index in [9.17, 15) is 40.8 Å². The number of carbonyl (C=O) groups is 4. The van der Waals surface area contributed by atoms with Gasteiger partial charge in [0.2, 0.25) is 27.7 Å². The van der Waals surface area contributed by atoms with Gasteiger partial charge in [0.05, 0.1) is 41.7 Å². The monoisotopic (exact) mass is 914 g/mol. The number of allylic oxidation sites excluding steroid dienone is 1. The summed E-state index contributed by atoms with van der Waals surface area (Å²) in [6.45, 7) is -0.276. The van der Waals surface area contributed by atoms with E-state index in [4.69, 9.17) is 26.1 Å². The van der Waals surface area contributed by atoms with Gasteiger partial charge in [0, 0.05) is 55.4 Å². The number of hydrogen-bond donors (Lipinski definition) is 2. The number of fused-ring (bicyclic) bond motifs is 3. The number of likely N-dealkylation sites (tertiary alicyclic amines) is 1. The van der Waals surface area contributed by atoms with Crippen LogP contribution in [0.1, 0.15) is 77.0 Å². The van der Waals surface area contributed by atoms with Crippen molar-refractivity contribution in [1.29, 1.82) is 0 Å². The minimum atomic E-state index is -4.36. The van der Waals surface area contributed by atoms with Gasteiger partial charge in [-0.2, -0.15) is 13.2 Å². The summed E-state index contributed by atoms with van der Waals surface area (Å²) >= 11 is 6.79. The molecule has 2 saturated carbocycles. The van der Waals surface area contributed by atoms with Crippen LogP contribution in [0.5, 0.6) is 11.5 Å². The molecule has 3 aliphatic heterocycles. The van der Waals surface area contributed by atoms with Gasteiger partial charge >= 0.3 is 6.18 Å². The Morgan fingerprint density at radius 2 is 1.79 bits per heavy atom. The highest BCUT2D eigenvalue weighted by Gasteiger charge is 2.62. The summed E-state index contributed by atoms with van der Waals surface area (Å²) in [5.74, 6) is -4.70. The molecule has 3 aromatic rings. The number of carbonyl (C=O) groups excluding carboxylic acids is 4. The van der Waals surface area contributed by atoms with Crippen LogP contribution in [0.15, 0.2) is 54.7 Å². The summed E-state index contributed by atoms with van der Waals surface area (Å²) in [6.07, 6.45) is 3.32. The number of piperidine rings is 1. The van der Waals surface area contributed by atoms with Crippen LogP contribution in [0, 0.1) is 17.8 Å². The lowest BCUT2D eigenvalue weighted by Gasteiger charge is -2.34. The van der Waals surface area contributed by atoms with Crippen molar-refractivity contribution in [2.24, 2.45) is 17.8 Å². The highest BCUT2D eigenvalue weighted by atomic mass is 35.5. The minimum absolute atomic E-state index is 0.0472. The second kappa shape index (κ2) is 17.9. The second-order valence-corrected chi connectivity index (χ2v) is 19.6. The SMILES string of the molecule is COc1ccc2c(O[C@@H]3C[C@H]4C(=O)N[C@]5(C(=O)NS(=O)(=O)C6CC6)CC5C=CCCCCC[C@H](CC(=O)N5CCC(C(F)(F)F)CC5)C(=O)N4C3)cc(-c3ccccn3)nc2c1Cl. The van der Waals surface area contributed by atoms with Gasteiger partial charge in [-0.25, -0.2) is 13.4 Å². The Morgan fingerprint density at radius 1 is 1.02 bits per heavy atom. The molecule has 1 unspecified atom stereocenters. The van der Waals surface area contributed by atoms with E-state index in [0.717, 1.165) is 6.42 Å². The molecule has 5 atom stereocenters. The highest BCUT2D eigenvalue weighted by molar-refractivity contribution is 7.91. The Bertz CT molecular complexity index is 2400. The first-order valence-electron chi connectivity index (χ1n) is 21.5. The summed E-state index contributed by atoms with van der Waals surface area (Å²) in [7, 11) is -2.49. The van der Waals surface area contributed by atoms with Crippen LogP contribution < -0.4 is 19.5 Å². The third-order valence-corrected chi connectivity index (χ3v) is 15.2. The van der Waals surface area contributed by atoms with E-state index in [1.165, 1.54) is 16.9 Å². The zero-order chi connectivity index (χ0) is 44.7. The van der Waals surface area contributed by atoms with Crippen LogP contribution in [-0.4, -0.2) is 108 Å². The summed E-state index contributed by atoms with van der Waals surface area (Å²) in [6, 6.07) is 9.20. The van der Waals surface area contributed by atoms with Gasteiger partial charge in [-0.05, 0) is 75.6 Å². The van der Waals surface area contributed by atoms with Gasteiger partial charge in [-0.3, -0.25) is 28.9 Å². The molecule has 8 rings (SSSR count). The highest BCUT2D eigenvalue weighted by Crippen LogP contribution is 2.47. The molecular formula is C44H50ClF3N6O8S. The number of rotatable bonds is 9. The van der Waals surface area contributed by atoms with Crippen molar-refractivity contribution in [3.63, 3.8) is 0 Å². The normalized spacial score (nSPS) is 26.2. The fourth-order valence-corrected chi connectivity index (χ4v) is 10.7. The third kappa shape index (κ3) is 9.61. The molecule has 14 nitrogen and oxygen atoms in total. The van der Waals surface area contributed by atoms with Gasteiger partial charge in [-0.1, -0.05) is 42.7 Å². The number of hydrogen-bond acceptors (Lipinski definition) is 10. The Morgan fingerprint density at radius 3 is 2.49 bits per heavy atom. The lowest BCUT2D eigenvalue weighted by Crippen LogP contribution is -2.57. The van der Waals surface area contributed by atoms with Crippen LogP contribution in [0.3, 0.4) is 0 Å². The van der Waals surface area contributed by atoms with Crippen LogP contribution in [0.4, 0.5) is 13.2 Å². The van der Waals surface area contributed by atoms with Crippen molar-refractivity contribution in [3.8, 4) is 22.9 Å². The molecule has 2 saturated heterocycles. The van der Waals surface area contributed by atoms with Gasteiger partial charge in [0.1, 0.15) is 34.2 Å². The quantitative estimate of drug-likeness (QED) is 0.238. The maximum Gasteiger partial charge on any atom is 0.391 e. The Balaban J connectivity index is 1.12. The van der Waals surface area contributed by atoms with Crippen molar-refractivity contribution in [1.82, 2.24) is 29.8 Å². The van der Waals surface area contributed by atoms with E-state index in [1.54, 1.807) is 42.6 Å². The van der Waals surface area contributed by atoms with Gasteiger partial charge in [0.25, 0.3) is 5.91 Å². The van der Waals surface area contributed by atoms with Crippen molar-refractivity contribution in [2.45, 2.75) is 106 Å². The Kier molecular flexibility index (Phi) is 12.7. The number of methoxy groups -OCH3 is 1. The molecule has 4 fully saturated rings. The first kappa shape index (κ1) is 44.6. The number of nitrogens with zero attached hydrogens (tertiary/aromatic N) is 4. The van der Waals surface area contributed by atoms with Crippen LogP contribution in [-0.2, 0) is 29.2 Å². The summed E-state index contributed by atoms with van der Waals surface area (Å²) in [4.78, 5) is 69.2. The molecule has 2 N–H and O–H groups in total.